The molecule has 156 valence electrons. The van der Waals surface area contributed by atoms with E-state index in [4.69, 9.17) is 10.5 Å². The number of unbranched alkanes of at least 4 members (excludes halogenated alkanes) is 1. The number of nitrogens with zero attached hydrogens (tertiary/aromatic N) is 2. The molecule has 1 aromatic carbocycles. The summed E-state index contributed by atoms with van der Waals surface area (Å²) >= 11 is 0. The zero-order valence-corrected chi connectivity index (χ0v) is 17.2. The highest BCUT2D eigenvalue weighted by atomic mass is 16.5. The predicted molar refractivity (Wildman–Crippen MR) is 114 cm³/mol. The van der Waals surface area contributed by atoms with Crippen LogP contribution in [0, 0.1) is 5.92 Å². The van der Waals surface area contributed by atoms with Crippen LogP contribution in [0.5, 0.6) is 5.75 Å². The summed E-state index contributed by atoms with van der Waals surface area (Å²) in [5, 5.41) is 6.73. The minimum absolute atomic E-state index is 0.0724. The Morgan fingerprint density at radius 2 is 1.93 bits per heavy atom. The lowest BCUT2D eigenvalue weighted by molar-refractivity contribution is -0.123. The van der Waals surface area contributed by atoms with Crippen molar-refractivity contribution < 1.29 is 9.53 Å². The molecule has 1 amide bonds. The smallest absolute Gasteiger partial charge is 0.220 e. The van der Waals surface area contributed by atoms with Crippen LogP contribution in [-0.4, -0.2) is 63.6 Å². The molecule has 1 fully saturated rings. The number of hydrogen-bond acceptors (Lipinski definition) is 4. The average Bonchev–Trinajstić information content (AvgIpc) is 2.72. The fraction of sp³-hybridized carbons (Fsp3) is 0.619. The molecule has 0 atom stereocenters. The topological polar surface area (TPSA) is 92.0 Å². The average molecular weight is 390 g/mol. The van der Waals surface area contributed by atoms with Crippen molar-refractivity contribution >= 4 is 11.9 Å². The van der Waals surface area contributed by atoms with Crippen LogP contribution in [-0.2, 0) is 11.2 Å². The Morgan fingerprint density at radius 1 is 1.21 bits per heavy atom. The number of ether oxygens (including phenoxy) is 1. The molecular weight excluding hydrogens is 354 g/mol. The maximum atomic E-state index is 11.2. The van der Waals surface area contributed by atoms with Gasteiger partial charge in [-0.2, -0.15) is 0 Å². The van der Waals surface area contributed by atoms with E-state index in [0.29, 0.717) is 0 Å². The lowest BCUT2D eigenvalue weighted by Crippen LogP contribution is -2.40. The number of nitrogens with one attached hydrogen (secondary N) is 2. The maximum Gasteiger partial charge on any atom is 0.220 e. The molecule has 7 heteroatoms. The van der Waals surface area contributed by atoms with Gasteiger partial charge in [-0.25, -0.2) is 0 Å². The number of benzene rings is 1. The Bertz CT molecular complexity index is 627. The number of aliphatic imine (C=N–C) groups is 1. The molecule has 1 aliphatic rings. The molecule has 7 nitrogen and oxygen atoms in total. The summed E-state index contributed by atoms with van der Waals surface area (Å²) in [4.78, 5) is 17.9. The third-order valence-electron chi connectivity index (χ3n) is 5.29. The van der Waals surface area contributed by atoms with Crippen molar-refractivity contribution in [3.63, 3.8) is 0 Å². The Morgan fingerprint density at radius 3 is 2.61 bits per heavy atom. The second-order valence-corrected chi connectivity index (χ2v) is 7.21. The largest absolute Gasteiger partial charge is 0.496 e. The minimum atomic E-state index is -0.145. The highest BCUT2D eigenvalue weighted by molar-refractivity contribution is 5.79. The van der Waals surface area contributed by atoms with Gasteiger partial charge in [-0.05, 0) is 63.4 Å². The number of amides is 1. The lowest BCUT2D eigenvalue weighted by atomic mass is 9.96. The molecule has 28 heavy (non-hydrogen) atoms. The Labute approximate surface area is 168 Å². The molecule has 0 aromatic heterocycles. The van der Waals surface area contributed by atoms with Crippen LogP contribution in [0.2, 0.25) is 0 Å². The van der Waals surface area contributed by atoms with Crippen LogP contribution in [0.15, 0.2) is 29.3 Å². The van der Waals surface area contributed by atoms with Crippen molar-refractivity contribution in [1.82, 2.24) is 15.5 Å². The first-order chi connectivity index (χ1) is 13.6. The van der Waals surface area contributed by atoms with E-state index >= 15 is 0 Å². The molecular formula is C21H35N5O2. The van der Waals surface area contributed by atoms with Crippen LogP contribution in [0.25, 0.3) is 0 Å². The molecule has 0 spiro atoms. The molecule has 1 aliphatic heterocycles. The molecule has 2 rings (SSSR count). The van der Waals surface area contributed by atoms with Crippen molar-refractivity contribution in [3.8, 4) is 5.75 Å². The van der Waals surface area contributed by atoms with E-state index in [-0.39, 0.29) is 11.8 Å². The highest BCUT2D eigenvalue weighted by Gasteiger charge is 2.22. The molecule has 0 aliphatic carbocycles. The molecule has 0 bridgehead atoms. The normalized spacial score (nSPS) is 16.0. The summed E-state index contributed by atoms with van der Waals surface area (Å²) in [5.74, 6) is 1.68. The highest BCUT2D eigenvalue weighted by Crippen LogP contribution is 2.17. The molecule has 0 saturated carbocycles. The van der Waals surface area contributed by atoms with Crippen molar-refractivity contribution in [3.05, 3.63) is 29.8 Å². The molecule has 0 radical (unpaired) electrons. The summed E-state index contributed by atoms with van der Waals surface area (Å²) in [5.41, 5.74) is 6.57. The number of carbonyl (C=O) groups is 1. The zero-order valence-electron chi connectivity index (χ0n) is 17.2. The Balaban J connectivity index is 1.56. The molecule has 1 aromatic rings. The molecule has 0 unspecified atom stereocenters. The Kier molecular flexibility index (Phi) is 9.62. The first-order valence-electron chi connectivity index (χ1n) is 10.2. The number of piperidine rings is 1. The number of guanidine groups is 1. The summed E-state index contributed by atoms with van der Waals surface area (Å²) in [7, 11) is 3.49. The maximum absolute atomic E-state index is 11.2. The van der Waals surface area contributed by atoms with Gasteiger partial charge in [0.2, 0.25) is 5.91 Å². The van der Waals surface area contributed by atoms with Gasteiger partial charge in [0.05, 0.1) is 7.11 Å². The third kappa shape index (κ3) is 7.38. The molecule has 4 N–H and O–H groups in total. The van der Waals surface area contributed by atoms with Gasteiger partial charge < -0.3 is 26.0 Å². The van der Waals surface area contributed by atoms with Crippen LogP contribution in [0.1, 0.15) is 31.2 Å². The number of methoxy groups -OCH3 is 1. The number of rotatable bonds is 10. The zero-order chi connectivity index (χ0) is 20.2. The van der Waals surface area contributed by atoms with Crippen LogP contribution in [0.3, 0.4) is 0 Å². The quantitative estimate of drug-likeness (QED) is 0.319. The van der Waals surface area contributed by atoms with Gasteiger partial charge >= 0.3 is 0 Å². The standard InChI is InChI=1S/C21H35N5O2/c1-23-21(25-13-9-17-7-3-4-8-19(17)28-2)24-12-5-6-14-26-15-10-18(11-16-26)20(22)27/h3-4,7-8,18H,5-6,9-16H2,1-2H3,(H2,22,27)(H2,23,24,25). The molecule has 1 heterocycles. The van der Waals surface area contributed by atoms with Gasteiger partial charge in [0, 0.05) is 26.1 Å². The fourth-order valence-corrected chi connectivity index (χ4v) is 3.55. The van der Waals surface area contributed by atoms with E-state index in [0.717, 1.165) is 76.5 Å². The summed E-state index contributed by atoms with van der Waals surface area (Å²) in [6.07, 6.45) is 4.90. The third-order valence-corrected chi connectivity index (χ3v) is 5.29. The summed E-state index contributed by atoms with van der Waals surface area (Å²) in [6, 6.07) is 8.08. The van der Waals surface area contributed by atoms with Gasteiger partial charge in [0.15, 0.2) is 5.96 Å². The van der Waals surface area contributed by atoms with E-state index in [2.05, 4.69) is 26.6 Å². The number of hydrogen-bond donors (Lipinski definition) is 3. The first-order valence-corrected chi connectivity index (χ1v) is 10.2. The van der Waals surface area contributed by atoms with E-state index in [1.165, 1.54) is 5.56 Å². The van der Waals surface area contributed by atoms with Gasteiger partial charge in [-0.1, -0.05) is 18.2 Å². The summed E-state index contributed by atoms with van der Waals surface area (Å²) < 4.78 is 5.39. The molecule has 1 saturated heterocycles. The van der Waals surface area contributed by atoms with E-state index in [9.17, 15) is 4.79 Å². The number of nitrogens with two attached hydrogens (primary N) is 1. The predicted octanol–water partition coefficient (Wildman–Crippen LogP) is 1.38. The fourth-order valence-electron chi connectivity index (χ4n) is 3.55. The summed E-state index contributed by atoms with van der Waals surface area (Å²) in [6.45, 7) is 4.73. The number of primary amides is 1. The van der Waals surface area contributed by atoms with Crippen molar-refractivity contribution in [2.75, 3.05) is 46.9 Å². The van der Waals surface area contributed by atoms with Crippen molar-refractivity contribution in [2.45, 2.75) is 32.1 Å². The monoisotopic (exact) mass is 389 g/mol. The van der Waals surface area contributed by atoms with E-state index < -0.39 is 0 Å². The van der Waals surface area contributed by atoms with Crippen LogP contribution < -0.4 is 21.1 Å². The second-order valence-electron chi connectivity index (χ2n) is 7.21. The van der Waals surface area contributed by atoms with Crippen LogP contribution in [0.4, 0.5) is 0 Å². The van der Waals surface area contributed by atoms with Gasteiger partial charge in [-0.3, -0.25) is 9.79 Å². The number of likely N-dealkylation sites (tertiary alicyclic amines) is 1. The first kappa shape index (κ1) is 22.0. The number of carbonyl (C=O) groups excluding carboxylic acids is 1. The van der Waals surface area contributed by atoms with Crippen molar-refractivity contribution in [2.24, 2.45) is 16.6 Å². The van der Waals surface area contributed by atoms with Crippen LogP contribution >= 0.6 is 0 Å². The second kappa shape index (κ2) is 12.2. The minimum Gasteiger partial charge on any atom is -0.496 e. The van der Waals surface area contributed by atoms with Crippen molar-refractivity contribution in [1.29, 1.82) is 0 Å². The van der Waals surface area contributed by atoms with E-state index in [1.807, 2.05) is 18.2 Å². The number of para-hydroxylation sites is 1. The van der Waals surface area contributed by atoms with Gasteiger partial charge in [0.1, 0.15) is 5.75 Å². The van der Waals surface area contributed by atoms with Gasteiger partial charge in [0.25, 0.3) is 0 Å². The lowest BCUT2D eigenvalue weighted by Gasteiger charge is -2.30. The SMILES string of the molecule is CN=C(NCCCCN1CCC(C(N)=O)CC1)NCCc1ccccc1OC. The van der Waals surface area contributed by atoms with Gasteiger partial charge in [-0.15, -0.1) is 0 Å². The van der Waals surface area contributed by atoms with E-state index in [1.54, 1.807) is 14.2 Å². The Hall–Kier alpha value is -2.28.